The predicted molar refractivity (Wildman–Crippen MR) is 89.3 cm³/mol. The van der Waals surface area contributed by atoms with Crippen LogP contribution >= 0.6 is 11.3 Å². The molecule has 1 amide bonds. The average Bonchev–Trinajstić information content (AvgIpc) is 3.23. The van der Waals surface area contributed by atoms with Gasteiger partial charge < -0.3 is 4.90 Å². The van der Waals surface area contributed by atoms with Crippen molar-refractivity contribution >= 4 is 17.2 Å². The van der Waals surface area contributed by atoms with Crippen molar-refractivity contribution in [3.8, 4) is 0 Å². The molecule has 0 spiro atoms. The van der Waals surface area contributed by atoms with E-state index in [1.165, 1.54) is 11.3 Å². The van der Waals surface area contributed by atoms with E-state index in [1.54, 1.807) is 17.5 Å². The van der Waals surface area contributed by atoms with Crippen LogP contribution < -0.4 is 0 Å². The van der Waals surface area contributed by atoms with Crippen LogP contribution in [0.15, 0.2) is 23.7 Å². The molecule has 3 rings (SSSR count). The van der Waals surface area contributed by atoms with Gasteiger partial charge in [-0.25, -0.2) is 0 Å². The summed E-state index contributed by atoms with van der Waals surface area (Å²) in [6.45, 7) is 2.93. The minimum Gasteiger partial charge on any atom is -0.336 e. The summed E-state index contributed by atoms with van der Waals surface area (Å²) in [5.41, 5.74) is 1.71. The number of nitrogens with zero attached hydrogens (tertiary/aromatic N) is 2. The van der Waals surface area contributed by atoms with Gasteiger partial charge in [-0.3, -0.25) is 9.89 Å². The number of likely N-dealkylation sites (tertiary alicyclic amines) is 1. The van der Waals surface area contributed by atoms with Crippen molar-refractivity contribution in [2.75, 3.05) is 6.54 Å². The number of carbonyl (C=O) groups excluding carboxylic acids is 1. The highest BCUT2D eigenvalue weighted by molar-refractivity contribution is 7.09. The van der Waals surface area contributed by atoms with Crippen molar-refractivity contribution in [3.63, 3.8) is 0 Å². The zero-order chi connectivity index (χ0) is 15.4. The summed E-state index contributed by atoms with van der Waals surface area (Å²) in [5, 5.41) is 9.12. The highest BCUT2D eigenvalue weighted by Gasteiger charge is 2.28. The lowest BCUT2D eigenvalue weighted by molar-refractivity contribution is 0.0601. The van der Waals surface area contributed by atoms with E-state index in [2.05, 4.69) is 39.5 Å². The Bertz CT molecular complexity index is 605. The van der Waals surface area contributed by atoms with Gasteiger partial charge in [0.15, 0.2) is 0 Å². The molecule has 1 atom stereocenters. The van der Waals surface area contributed by atoms with Crippen LogP contribution in [0.4, 0.5) is 0 Å². The molecular weight excluding hydrogens is 294 g/mol. The number of hydrogen-bond donors (Lipinski definition) is 1. The second-order valence-corrected chi connectivity index (χ2v) is 6.91. The van der Waals surface area contributed by atoms with Gasteiger partial charge in [-0.2, -0.15) is 5.10 Å². The molecule has 1 aliphatic rings. The van der Waals surface area contributed by atoms with Crippen molar-refractivity contribution in [2.45, 2.75) is 51.5 Å². The van der Waals surface area contributed by atoms with Crippen LogP contribution in [0, 0.1) is 0 Å². The molecule has 0 bridgehead atoms. The Morgan fingerprint density at radius 2 is 2.41 bits per heavy atom. The van der Waals surface area contributed by atoms with Crippen molar-refractivity contribution in [1.29, 1.82) is 0 Å². The van der Waals surface area contributed by atoms with Crippen molar-refractivity contribution in [3.05, 3.63) is 39.8 Å². The lowest BCUT2D eigenvalue weighted by Crippen LogP contribution is -2.44. The number of hydrogen-bond acceptors (Lipinski definition) is 3. The third-order valence-electron chi connectivity index (χ3n) is 4.49. The van der Waals surface area contributed by atoms with Crippen molar-refractivity contribution in [2.24, 2.45) is 0 Å². The van der Waals surface area contributed by atoms with Gasteiger partial charge in [0.05, 0.1) is 11.8 Å². The van der Waals surface area contributed by atoms with E-state index in [-0.39, 0.29) is 5.91 Å². The van der Waals surface area contributed by atoms with Crippen LogP contribution in [0.3, 0.4) is 0 Å². The third kappa shape index (κ3) is 3.24. The van der Waals surface area contributed by atoms with Crippen LogP contribution in [0.5, 0.6) is 0 Å². The summed E-state index contributed by atoms with van der Waals surface area (Å²) in [6.07, 6.45) is 8.09. The molecule has 1 fully saturated rings. The van der Waals surface area contributed by atoms with E-state index in [0.29, 0.717) is 6.04 Å². The van der Waals surface area contributed by atoms with Crippen molar-refractivity contribution in [1.82, 2.24) is 15.1 Å². The van der Waals surface area contributed by atoms with Crippen LogP contribution in [-0.2, 0) is 12.8 Å². The molecule has 1 saturated heterocycles. The smallest absolute Gasteiger partial charge is 0.257 e. The van der Waals surface area contributed by atoms with Gasteiger partial charge in [0, 0.05) is 23.2 Å². The molecule has 118 valence electrons. The van der Waals surface area contributed by atoms with E-state index < -0.39 is 0 Å². The van der Waals surface area contributed by atoms with Crippen LogP contribution in [0.2, 0.25) is 0 Å². The Morgan fingerprint density at radius 3 is 3.18 bits per heavy atom. The third-order valence-corrected chi connectivity index (χ3v) is 5.43. The van der Waals surface area contributed by atoms with Gasteiger partial charge in [0.2, 0.25) is 0 Å². The van der Waals surface area contributed by atoms with Gasteiger partial charge in [0.1, 0.15) is 0 Å². The number of H-pyrrole nitrogens is 1. The number of carbonyl (C=O) groups is 1. The largest absolute Gasteiger partial charge is 0.336 e. The molecule has 0 radical (unpaired) electrons. The Labute approximate surface area is 135 Å². The van der Waals surface area contributed by atoms with E-state index in [1.807, 2.05) is 0 Å². The number of aromatic nitrogens is 2. The van der Waals surface area contributed by atoms with Crippen LogP contribution in [0.25, 0.3) is 0 Å². The second kappa shape index (κ2) is 7.09. The summed E-state index contributed by atoms with van der Waals surface area (Å²) in [6, 6.07) is 4.65. The lowest BCUT2D eigenvalue weighted by Gasteiger charge is -2.36. The number of thiophene rings is 1. The monoisotopic (exact) mass is 317 g/mol. The molecule has 0 aromatic carbocycles. The highest BCUT2D eigenvalue weighted by Crippen LogP contribution is 2.25. The van der Waals surface area contributed by atoms with Crippen LogP contribution in [0.1, 0.15) is 53.5 Å². The SMILES string of the molecule is CCc1[nH]ncc1C(=O)N1CCCC[C@H]1CCc1cccs1. The number of rotatable bonds is 5. The maximum absolute atomic E-state index is 12.9. The van der Waals surface area contributed by atoms with E-state index in [4.69, 9.17) is 0 Å². The first kappa shape index (κ1) is 15.3. The molecule has 1 N–H and O–H groups in total. The average molecular weight is 317 g/mol. The predicted octanol–water partition coefficient (Wildman–Crippen LogP) is 3.66. The zero-order valence-electron chi connectivity index (χ0n) is 13.0. The van der Waals surface area contributed by atoms with Crippen molar-refractivity contribution < 1.29 is 4.79 Å². The second-order valence-electron chi connectivity index (χ2n) is 5.88. The fourth-order valence-corrected chi connectivity index (χ4v) is 3.98. The first-order valence-corrected chi connectivity index (χ1v) is 9.03. The molecule has 5 heteroatoms. The van der Waals surface area contributed by atoms with Crippen LogP contribution in [-0.4, -0.2) is 33.6 Å². The summed E-state index contributed by atoms with van der Waals surface area (Å²) >= 11 is 1.81. The fourth-order valence-electron chi connectivity index (χ4n) is 3.25. The standard InChI is InChI=1S/C17H23N3OS/c1-2-16-15(12-18-19-16)17(21)20-10-4-3-6-13(20)8-9-14-7-5-11-22-14/h5,7,11-13H,2-4,6,8-10H2,1H3,(H,18,19)/t13-/m0/s1. The number of aryl methyl sites for hydroxylation is 2. The minimum absolute atomic E-state index is 0.154. The molecule has 2 aromatic heterocycles. The molecule has 0 saturated carbocycles. The Morgan fingerprint density at radius 1 is 1.50 bits per heavy atom. The maximum Gasteiger partial charge on any atom is 0.257 e. The highest BCUT2D eigenvalue weighted by atomic mass is 32.1. The summed E-state index contributed by atoms with van der Waals surface area (Å²) in [5.74, 6) is 0.154. The Kier molecular flexibility index (Phi) is 4.93. The summed E-state index contributed by atoms with van der Waals surface area (Å²) in [7, 11) is 0. The van der Waals surface area contributed by atoms with Gasteiger partial charge in [-0.05, 0) is 50.0 Å². The summed E-state index contributed by atoms with van der Waals surface area (Å²) in [4.78, 5) is 16.4. The first-order valence-electron chi connectivity index (χ1n) is 8.15. The number of piperidine rings is 1. The Hall–Kier alpha value is -1.62. The van der Waals surface area contributed by atoms with E-state index in [9.17, 15) is 4.79 Å². The van der Waals surface area contributed by atoms with E-state index >= 15 is 0 Å². The Balaban J connectivity index is 1.70. The molecule has 22 heavy (non-hydrogen) atoms. The molecule has 0 unspecified atom stereocenters. The van der Waals surface area contributed by atoms with Gasteiger partial charge in [-0.15, -0.1) is 11.3 Å². The number of amides is 1. The first-order chi connectivity index (χ1) is 10.8. The molecule has 1 aliphatic heterocycles. The zero-order valence-corrected chi connectivity index (χ0v) is 13.9. The molecule has 2 aromatic rings. The number of aromatic amines is 1. The quantitative estimate of drug-likeness (QED) is 0.915. The van der Waals surface area contributed by atoms with E-state index in [0.717, 1.165) is 49.9 Å². The fraction of sp³-hybridized carbons (Fsp3) is 0.529. The topological polar surface area (TPSA) is 49.0 Å². The number of nitrogens with one attached hydrogen (secondary N) is 1. The normalized spacial score (nSPS) is 18.6. The maximum atomic E-state index is 12.9. The minimum atomic E-state index is 0.154. The molecule has 3 heterocycles. The van der Waals surface area contributed by atoms with Gasteiger partial charge in [0.25, 0.3) is 5.91 Å². The molecule has 0 aliphatic carbocycles. The molecule has 4 nitrogen and oxygen atoms in total. The summed E-state index contributed by atoms with van der Waals surface area (Å²) < 4.78 is 0. The van der Waals surface area contributed by atoms with Gasteiger partial charge >= 0.3 is 0 Å². The lowest BCUT2D eigenvalue weighted by atomic mass is 9.96. The van der Waals surface area contributed by atoms with Gasteiger partial charge in [-0.1, -0.05) is 13.0 Å². The molecular formula is C17H23N3OS.